The van der Waals surface area contributed by atoms with E-state index in [1.54, 1.807) is 11.3 Å². The van der Waals surface area contributed by atoms with Crippen molar-refractivity contribution >= 4 is 17.2 Å². The van der Waals surface area contributed by atoms with Gasteiger partial charge in [0.1, 0.15) is 0 Å². The van der Waals surface area contributed by atoms with Gasteiger partial charge in [0.2, 0.25) is 0 Å². The zero-order valence-electron chi connectivity index (χ0n) is 14.0. The summed E-state index contributed by atoms with van der Waals surface area (Å²) in [5.74, 6) is -0.124. The average Bonchev–Trinajstić information content (AvgIpc) is 2.99. The molecule has 0 unspecified atom stereocenters. The van der Waals surface area contributed by atoms with Crippen LogP contribution in [0.3, 0.4) is 0 Å². The molecule has 24 heavy (non-hydrogen) atoms. The number of carbonyl (C=O) groups excluding carboxylic acids is 1. The Labute approximate surface area is 145 Å². The topological polar surface area (TPSA) is 54.9 Å². The fraction of sp³-hybridized carbons (Fsp3) is 0.211. The quantitative estimate of drug-likeness (QED) is 0.781. The van der Waals surface area contributed by atoms with Crippen molar-refractivity contribution in [1.29, 1.82) is 0 Å². The predicted molar refractivity (Wildman–Crippen MR) is 97.2 cm³/mol. The number of nitrogens with one attached hydrogen (secondary N) is 1. The second-order valence-electron chi connectivity index (χ2n) is 5.74. The maximum Gasteiger partial charge on any atom is 0.253 e. The van der Waals surface area contributed by atoms with E-state index in [0.717, 1.165) is 27.7 Å². The molecule has 0 aliphatic heterocycles. The standard InChI is InChI=1S/C19H19N3OS/c1-12-4-6-15(7-5-12)18-9-8-17(13(2)21-18)19(23)20-10-16-11-24-14(3)22-16/h4-9,11H,10H2,1-3H3,(H,20,23). The Hall–Kier alpha value is -2.53. The van der Waals surface area contributed by atoms with Crippen molar-refractivity contribution in [3.05, 3.63) is 69.3 Å². The first-order valence-corrected chi connectivity index (χ1v) is 8.65. The Balaban J connectivity index is 1.74. The first-order chi connectivity index (χ1) is 11.5. The summed E-state index contributed by atoms with van der Waals surface area (Å²) in [7, 11) is 0. The lowest BCUT2D eigenvalue weighted by Gasteiger charge is -2.08. The van der Waals surface area contributed by atoms with E-state index >= 15 is 0 Å². The van der Waals surface area contributed by atoms with Crippen LogP contribution in [-0.2, 0) is 6.54 Å². The molecule has 1 aromatic carbocycles. The summed E-state index contributed by atoms with van der Waals surface area (Å²) in [6.45, 7) is 6.30. The molecule has 0 aliphatic rings. The molecule has 0 spiro atoms. The third-order valence-electron chi connectivity index (χ3n) is 3.77. The highest BCUT2D eigenvalue weighted by molar-refractivity contribution is 7.09. The van der Waals surface area contributed by atoms with Gasteiger partial charge in [0.05, 0.1) is 34.2 Å². The first-order valence-electron chi connectivity index (χ1n) is 7.77. The average molecular weight is 337 g/mol. The number of pyridine rings is 1. The van der Waals surface area contributed by atoms with Gasteiger partial charge >= 0.3 is 0 Å². The van der Waals surface area contributed by atoms with Gasteiger partial charge in [-0.1, -0.05) is 29.8 Å². The molecule has 0 radical (unpaired) electrons. The van der Waals surface area contributed by atoms with Crippen molar-refractivity contribution in [1.82, 2.24) is 15.3 Å². The van der Waals surface area contributed by atoms with E-state index in [9.17, 15) is 4.79 Å². The number of amides is 1. The van der Waals surface area contributed by atoms with Gasteiger partial charge in [-0.2, -0.15) is 0 Å². The van der Waals surface area contributed by atoms with Crippen molar-refractivity contribution in [2.24, 2.45) is 0 Å². The van der Waals surface area contributed by atoms with E-state index in [1.165, 1.54) is 5.56 Å². The molecule has 1 N–H and O–H groups in total. The van der Waals surface area contributed by atoms with Gasteiger partial charge < -0.3 is 5.32 Å². The molecule has 0 atom stereocenters. The van der Waals surface area contributed by atoms with Crippen molar-refractivity contribution in [3.63, 3.8) is 0 Å². The molecule has 3 rings (SSSR count). The molecular weight excluding hydrogens is 318 g/mol. The van der Waals surface area contributed by atoms with Crippen molar-refractivity contribution in [2.45, 2.75) is 27.3 Å². The van der Waals surface area contributed by atoms with Crippen LogP contribution in [0.5, 0.6) is 0 Å². The molecule has 0 bridgehead atoms. The molecule has 2 aromatic heterocycles. The fourth-order valence-electron chi connectivity index (χ4n) is 2.44. The van der Waals surface area contributed by atoms with Crippen molar-refractivity contribution in [3.8, 4) is 11.3 Å². The van der Waals surface area contributed by atoms with Gasteiger partial charge in [-0.3, -0.25) is 9.78 Å². The minimum atomic E-state index is -0.124. The molecule has 122 valence electrons. The fourth-order valence-corrected chi connectivity index (χ4v) is 3.05. The molecule has 3 aromatic rings. The van der Waals surface area contributed by atoms with Gasteiger partial charge in [-0.25, -0.2) is 4.98 Å². The summed E-state index contributed by atoms with van der Waals surface area (Å²) < 4.78 is 0. The number of hydrogen-bond acceptors (Lipinski definition) is 4. The van der Waals surface area contributed by atoms with Gasteiger partial charge in [0.25, 0.3) is 5.91 Å². The summed E-state index contributed by atoms with van der Waals surface area (Å²) in [6.07, 6.45) is 0. The predicted octanol–water partition coefficient (Wildman–Crippen LogP) is 4.06. The van der Waals surface area contributed by atoms with Gasteiger partial charge in [-0.05, 0) is 32.9 Å². The van der Waals surface area contributed by atoms with Crippen LogP contribution in [0, 0.1) is 20.8 Å². The number of benzene rings is 1. The number of aromatic nitrogens is 2. The SMILES string of the molecule is Cc1ccc(-c2ccc(C(=O)NCc3csc(C)n3)c(C)n2)cc1. The largest absolute Gasteiger partial charge is 0.346 e. The van der Waals surface area contributed by atoms with E-state index in [4.69, 9.17) is 0 Å². The van der Waals surface area contributed by atoms with Crippen LogP contribution >= 0.6 is 11.3 Å². The van der Waals surface area contributed by atoms with Crippen LogP contribution in [0.25, 0.3) is 11.3 Å². The van der Waals surface area contributed by atoms with E-state index in [1.807, 2.05) is 43.5 Å². The minimum absolute atomic E-state index is 0.124. The summed E-state index contributed by atoms with van der Waals surface area (Å²) in [5, 5.41) is 5.86. The second kappa shape index (κ2) is 6.93. The molecule has 2 heterocycles. The minimum Gasteiger partial charge on any atom is -0.346 e. The highest BCUT2D eigenvalue weighted by Gasteiger charge is 2.12. The van der Waals surface area contributed by atoms with Crippen LogP contribution in [0.15, 0.2) is 41.8 Å². The van der Waals surface area contributed by atoms with Gasteiger partial charge in [-0.15, -0.1) is 11.3 Å². The lowest BCUT2D eigenvalue weighted by molar-refractivity contribution is 0.0949. The van der Waals surface area contributed by atoms with Crippen LogP contribution < -0.4 is 5.32 Å². The number of carbonyl (C=O) groups is 1. The lowest BCUT2D eigenvalue weighted by atomic mass is 10.1. The molecule has 0 fully saturated rings. The summed E-state index contributed by atoms with van der Waals surface area (Å²) in [6, 6.07) is 11.9. The maximum atomic E-state index is 12.4. The van der Waals surface area contributed by atoms with Crippen molar-refractivity contribution in [2.75, 3.05) is 0 Å². The summed E-state index contributed by atoms with van der Waals surface area (Å²) in [5.41, 5.74) is 5.34. The third kappa shape index (κ3) is 3.68. The molecule has 1 amide bonds. The number of aryl methyl sites for hydroxylation is 3. The zero-order chi connectivity index (χ0) is 17.1. The number of nitrogens with zero attached hydrogens (tertiary/aromatic N) is 2. The first kappa shape index (κ1) is 16.3. The lowest BCUT2D eigenvalue weighted by Crippen LogP contribution is -2.24. The van der Waals surface area contributed by atoms with E-state index < -0.39 is 0 Å². The van der Waals surface area contributed by atoms with Crippen LogP contribution in [0.1, 0.15) is 32.3 Å². The van der Waals surface area contributed by atoms with Crippen LogP contribution in [0.2, 0.25) is 0 Å². The van der Waals surface area contributed by atoms with Crippen LogP contribution in [-0.4, -0.2) is 15.9 Å². The van der Waals surface area contributed by atoms with Gasteiger partial charge in [0, 0.05) is 10.9 Å². The zero-order valence-corrected chi connectivity index (χ0v) is 14.8. The summed E-state index contributed by atoms with van der Waals surface area (Å²) >= 11 is 1.58. The van der Waals surface area contributed by atoms with E-state index in [-0.39, 0.29) is 5.91 Å². The Bertz CT molecular complexity index is 869. The Morgan fingerprint density at radius 1 is 1.04 bits per heavy atom. The maximum absolute atomic E-state index is 12.4. The van der Waals surface area contributed by atoms with E-state index in [0.29, 0.717) is 12.1 Å². The Kier molecular flexibility index (Phi) is 4.71. The number of rotatable bonds is 4. The van der Waals surface area contributed by atoms with Crippen molar-refractivity contribution < 1.29 is 4.79 Å². The highest BCUT2D eigenvalue weighted by Crippen LogP contribution is 2.19. The normalized spacial score (nSPS) is 10.6. The molecule has 4 nitrogen and oxygen atoms in total. The second-order valence-corrected chi connectivity index (χ2v) is 6.80. The molecule has 0 saturated carbocycles. The number of thiazole rings is 1. The van der Waals surface area contributed by atoms with Gasteiger partial charge in [0.15, 0.2) is 0 Å². The molecule has 5 heteroatoms. The highest BCUT2D eigenvalue weighted by atomic mass is 32.1. The van der Waals surface area contributed by atoms with Crippen LogP contribution in [0.4, 0.5) is 0 Å². The summed E-state index contributed by atoms with van der Waals surface area (Å²) in [4.78, 5) is 21.3. The molecule has 0 aliphatic carbocycles. The number of hydrogen-bond donors (Lipinski definition) is 1. The monoisotopic (exact) mass is 337 g/mol. The smallest absolute Gasteiger partial charge is 0.253 e. The Morgan fingerprint density at radius 3 is 2.42 bits per heavy atom. The third-order valence-corrected chi connectivity index (χ3v) is 4.60. The van der Waals surface area contributed by atoms with E-state index in [2.05, 4.69) is 34.3 Å². The molecular formula is C19H19N3OS. The Morgan fingerprint density at radius 2 is 1.79 bits per heavy atom. The molecule has 0 saturated heterocycles.